The van der Waals surface area contributed by atoms with Gasteiger partial charge in [0, 0.05) is 13.6 Å². The summed E-state index contributed by atoms with van der Waals surface area (Å²) in [7, 11) is 1.64. The number of halogens is 2. The predicted octanol–water partition coefficient (Wildman–Crippen LogP) is 2.50. The van der Waals surface area contributed by atoms with Crippen molar-refractivity contribution in [2.75, 3.05) is 13.2 Å². The van der Waals surface area contributed by atoms with Gasteiger partial charge in [-0.25, -0.2) is 0 Å². The Kier molecular flexibility index (Phi) is 5.71. The van der Waals surface area contributed by atoms with Crippen molar-refractivity contribution in [1.29, 1.82) is 0 Å². The summed E-state index contributed by atoms with van der Waals surface area (Å²) in [5.41, 5.74) is 0.325. The number of ether oxygens (including phenoxy) is 1. The molecule has 1 unspecified atom stereocenters. The van der Waals surface area contributed by atoms with Crippen LogP contribution in [0.5, 0.6) is 5.75 Å². The number of amides is 1. The third kappa shape index (κ3) is 4.16. The molecular formula is C15H16Cl2N2O3. The van der Waals surface area contributed by atoms with Crippen LogP contribution in [0.25, 0.3) is 0 Å². The quantitative estimate of drug-likeness (QED) is 0.847. The van der Waals surface area contributed by atoms with Crippen molar-refractivity contribution in [1.82, 2.24) is 9.88 Å². The Bertz CT molecular complexity index is 644. The molecule has 0 radical (unpaired) electrons. The molecule has 2 N–H and O–H groups in total. The van der Waals surface area contributed by atoms with E-state index >= 15 is 0 Å². The molecule has 118 valence electrons. The number of nitrogens with one attached hydrogen (secondary N) is 1. The first-order chi connectivity index (χ1) is 10.5. The Hall–Kier alpha value is -1.69. The van der Waals surface area contributed by atoms with Gasteiger partial charge in [0.2, 0.25) is 0 Å². The highest BCUT2D eigenvalue weighted by Gasteiger charge is 2.16. The molecule has 1 atom stereocenters. The summed E-state index contributed by atoms with van der Waals surface area (Å²) < 4.78 is 6.88. The van der Waals surface area contributed by atoms with Crippen LogP contribution >= 0.6 is 23.2 Å². The van der Waals surface area contributed by atoms with Gasteiger partial charge in [-0.05, 0) is 18.2 Å². The number of nitrogens with zero attached hydrogens (tertiary/aromatic N) is 1. The molecule has 7 heteroatoms. The summed E-state index contributed by atoms with van der Waals surface area (Å²) in [5, 5.41) is 13.0. The van der Waals surface area contributed by atoms with Gasteiger partial charge in [0.1, 0.15) is 29.3 Å². The molecule has 0 fully saturated rings. The third-order valence-electron chi connectivity index (χ3n) is 3.03. The zero-order valence-electron chi connectivity index (χ0n) is 11.9. The number of hydrogen-bond acceptors (Lipinski definition) is 3. The SMILES string of the molecule is Cn1c(C(=O)NCC(O)COc2ccccc2)cc(Cl)c1Cl. The fraction of sp³-hybridized carbons (Fsp3) is 0.267. The molecule has 22 heavy (non-hydrogen) atoms. The zero-order valence-corrected chi connectivity index (χ0v) is 13.4. The topological polar surface area (TPSA) is 63.5 Å². The van der Waals surface area contributed by atoms with Gasteiger partial charge >= 0.3 is 0 Å². The lowest BCUT2D eigenvalue weighted by Crippen LogP contribution is -2.36. The lowest BCUT2D eigenvalue weighted by atomic mass is 10.3. The van der Waals surface area contributed by atoms with Gasteiger partial charge in [-0.15, -0.1) is 0 Å². The van der Waals surface area contributed by atoms with E-state index in [2.05, 4.69) is 5.32 Å². The smallest absolute Gasteiger partial charge is 0.268 e. The minimum Gasteiger partial charge on any atom is -0.491 e. The maximum absolute atomic E-state index is 12.0. The number of carbonyl (C=O) groups excluding carboxylic acids is 1. The second-order valence-electron chi connectivity index (χ2n) is 4.72. The maximum Gasteiger partial charge on any atom is 0.268 e. The van der Waals surface area contributed by atoms with Crippen LogP contribution in [0.15, 0.2) is 36.4 Å². The zero-order chi connectivity index (χ0) is 16.1. The van der Waals surface area contributed by atoms with Crippen molar-refractivity contribution in [3.63, 3.8) is 0 Å². The van der Waals surface area contributed by atoms with Crippen LogP contribution in [0.4, 0.5) is 0 Å². The molecule has 5 nitrogen and oxygen atoms in total. The van der Waals surface area contributed by atoms with Crippen LogP contribution in [0, 0.1) is 0 Å². The van der Waals surface area contributed by atoms with E-state index in [1.807, 2.05) is 18.2 Å². The first-order valence-corrected chi connectivity index (χ1v) is 7.39. The Labute approximate surface area is 138 Å². The number of rotatable bonds is 6. The molecule has 0 aliphatic carbocycles. The van der Waals surface area contributed by atoms with Crippen LogP contribution in [-0.2, 0) is 7.05 Å². The van der Waals surface area contributed by atoms with Crippen LogP contribution in [0.2, 0.25) is 10.2 Å². The molecule has 1 aromatic heterocycles. The second kappa shape index (κ2) is 7.54. The van der Waals surface area contributed by atoms with Gasteiger partial charge in [-0.3, -0.25) is 4.79 Å². The summed E-state index contributed by atoms with van der Waals surface area (Å²) >= 11 is 11.8. The van der Waals surface area contributed by atoms with Crippen LogP contribution in [-0.4, -0.2) is 34.8 Å². The highest BCUT2D eigenvalue weighted by Crippen LogP contribution is 2.24. The molecule has 2 rings (SSSR count). The third-order valence-corrected chi connectivity index (χ3v) is 3.87. The molecule has 1 aromatic carbocycles. The summed E-state index contributed by atoms with van der Waals surface area (Å²) in [5.74, 6) is 0.295. The number of aromatic nitrogens is 1. The summed E-state index contributed by atoms with van der Waals surface area (Å²) in [6.45, 7) is 0.144. The van der Waals surface area contributed by atoms with Gasteiger partial charge < -0.3 is 19.7 Å². The lowest BCUT2D eigenvalue weighted by Gasteiger charge is -2.13. The monoisotopic (exact) mass is 342 g/mol. The Morgan fingerprint density at radius 3 is 2.64 bits per heavy atom. The van der Waals surface area contributed by atoms with Crippen LogP contribution < -0.4 is 10.1 Å². The van der Waals surface area contributed by atoms with E-state index in [1.54, 1.807) is 19.2 Å². The van der Waals surface area contributed by atoms with Crippen molar-refractivity contribution in [2.45, 2.75) is 6.10 Å². The lowest BCUT2D eigenvalue weighted by molar-refractivity contribution is 0.0837. The Morgan fingerprint density at radius 1 is 1.36 bits per heavy atom. The number of carbonyl (C=O) groups is 1. The van der Waals surface area contributed by atoms with Crippen molar-refractivity contribution in [2.24, 2.45) is 7.05 Å². The van der Waals surface area contributed by atoms with Gasteiger partial charge in [0.15, 0.2) is 0 Å². The molecule has 2 aromatic rings. The molecule has 0 bridgehead atoms. The van der Waals surface area contributed by atoms with Crippen molar-refractivity contribution >= 4 is 29.1 Å². The molecule has 0 aliphatic heterocycles. The molecule has 0 spiro atoms. The van der Waals surface area contributed by atoms with Gasteiger partial charge in [0.05, 0.1) is 5.02 Å². The van der Waals surface area contributed by atoms with E-state index in [9.17, 15) is 9.90 Å². The first-order valence-electron chi connectivity index (χ1n) is 6.64. The number of para-hydroxylation sites is 1. The van der Waals surface area contributed by atoms with Gasteiger partial charge in [-0.2, -0.15) is 0 Å². The molecule has 1 amide bonds. The average Bonchev–Trinajstić information content (AvgIpc) is 2.79. The van der Waals surface area contributed by atoms with E-state index in [4.69, 9.17) is 27.9 Å². The van der Waals surface area contributed by atoms with Crippen molar-refractivity contribution < 1.29 is 14.6 Å². The number of hydrogen-bond donors (Lipinski definition) is 2. The van der Waals surface area contributed by atoms with E-state index in [1.165, 1.54) is 10.6 Å². The minimum atomic E-state index is -0.824. The number of aliphatic hydroxyl groups is 1. The summed E-state index contributed by atoms with van der Waals surface area (Å²) in [4.78, 5) is 12.0. The van der Waals surface area contributed by atoms with E-state index in [-0.39, 0.29) is 19.1 Å². The highest BCUT2D eigenvalue weighted by atomic mass is 35.5. The first kappa shape index (κ1) is 16.7. The Balaban J connectivity index is 1.82. The highest BCUT2D eigenvalue weighted by molar-refractivity contribution is 6.41. The molecular weight excluding hydrogens is 327 g/mol. The van der Waals surface area contributed by atoms with Gasteiger partial charge in [-0.1, -0.05) is 41.4 Å². The Morgan fingerprint density at radius 2 is 2.05 bits per heavy atom. The normalized spacial score (nSPS) is 12.0. The fourth-order valence-electron chi connectivity index (χ4n) is 1.83. The molecule has 0 aliphatic rings. The summed E-state index contributed by atoms with van der Waals surface area (Å²) in [6.07, 6.45) is -0.824. The van der Waals surface area contributed by atoms with E-state index in [0.29, 0.717) is 21.6 Å². The maximum atomic E-state index is 12.0. The largest absolute Gasteiger partial charge is 0.491 e. The van der Waals surface area contributed by atoms with Crippen molar-refractivity contribution in [3.05, 3.63) is 52.3 Å². The number of benzene rings is 1. The second-order valence-corrected chi connectivity index (χ2v) is 5.48. The fourth-order valence-corrected chi connectivity index (χ4v) is 2.21. The van der Waals surface area contributed by atoms with Crippen LogP contribution in [0.1, 0.15) is 10.5 Å². The molecule has 0 saturated heterocycles. The van der Waals surface area contributed by atoms with Crippen LogP contribution in [0.3, 0.4) is 0 Å². The average molecular weight is 343 g/mol. The number of aliphatic hydroxyl groups excluding tert-OH is 1. The van der Waals surface area contributed by atoms with Crippen molar-refractivity contribution in [3.8, 4) is 5.75 Å². The molecule has 1 heterocycles. The molecule has 0 saturated carbocycles. The van der Waals surface area contributed by atoms with E-state index in [0.717, 1.165) is 0 Å². The summed E-state index contributed by atoms with van der Waals surface area (Å²) in [6, 6.07) is 10.6. The standard InChI is InChI=1S/C15H16Cl2N2O3/c1-19-13(7-12(16)14(19)17)15(21)18-8-10(20)9-22-11-5-3-2-4-6-11/h2-7,10,20H,8-9H2,1H3,(H,18,21). The van der Waals surface area contributed by atoms with Gasteiger partial charge in [0.25, 0.3) is 5.91 Å². The minimum absolute atomic E-state index is 0.0616. The predicted molar refractivity (Wildman–Crippen MR) is 85.7 cm³/mol. The van der Waals surface area contributed by atoms with E-state index < -0.39 is 6.10 Å².